The molecule has 3 rings (SSSR count). The molecule has 2 fully saturated rings. The van der Waals surface area contributed by atoms with Crippen LogP contribution in [0.4, 0.5) is 0 Å². The van der Waals surface area contributed by atoms with Gasteiger partial charge in [0.15, 0.2) is 5.79 Å². The molecule has 0 saturated carbocycles. The Balaban J connectivity index is 1.65. The fourth-order valence-electron chi connectivity index (χ4n) is 2.87. The monoisotopic (exact) mass is 339 g/mol. The summed E-state index contributed by atoms with van der Waals surface area (Å²) in [7, 11) is 0. The van der Waals surface area contributed by atoms with Crippen LogP contribution in [0.5, 0.6) is 0 Å². The predicted octanol–water partition coefficient (Wildman–Crippen LogP) is 2.36. The minimum atomic E-state index is -0.537. The Labute approximate surface area is 127 Å². The molecule has 0 N–H and O–H groups in total. The molecule has 0 aliphatic carbocycles. The van der Waals surface area contributed by atoms with Gasteiger partial charge in [0, 0.05) is 17.4 Å². The predicted molar refractivity (Wildman–Crippen MR) is 78.3 cm³/mol. The largest absolute Gasteiger partial charge is 0.346 e. The van der Waals surface area contributed by atoms with Crippen LogP contribution in [0.1, 0.15) is 18.4 Å². The zero-order valence-electron chi connectivity index (χ0n) is 11.3. The normalized spacial score (nSPS) is 21.4. The van der Waals surface area contributed by atoms with Gasteiger partial charge in [0.1, 0.15) is 0 Å². The first kappa shape index (κ1) is 14.0. The average Bonchev–Trinajstić information content (AvgIpc) is 2.87. The van der Waals surface area contributed by atoms with E-state index in [1.165, 1.54) is 0 Å². The Kier molecular flexibility index (Phi) is 4.10. The van der Waals surface area contributed by atoms with E-state index in [1.54, 1.807) is 0 Å². The van der Waals surface area contributed by atoms with Crippen molar-refractivity contribution < 1.29 is 14.3 Å². The third-order valence-corrected chi connectivity index (χ3v) is 4.32. The molecule has 20 heavy (non-hydrogen) atoms. The van der Waals surface area contributed by atoms with E-state index in [4.69, 9.17) is 9.47 Å². The molecule has 2 aliphatic rings. The molecular weight excluding hydrogens is 322 g/mol. The minimum absolute atomic E-state index is 0.140. The second-order valence-electron chi connectivity index (χ2n) is 5.33. The summed E-state index contributed by atoms with van der Waals surface area (Å²) in [6, 6.07) is 7.88. The maximum absolute atomic E-state index is 12.4. The van der Waals surface area contributed by atoms with Gasteiger partial charge in [-0.2, -0.15) is 0 Å². The van der Waals surface area contributed by atoms with E-state index in [-0.39, 0.29) is 5.91 Å². The van der Waals surface area contributed by atoms with Gasteiger partial charge in [-0.1, -0.05) is 28.1 Å². The van der Waals surface area contributed by atoms with Crippen LogP contribution in [0.25, 0.3) is 0 Å². The first-order chi connectivity index (χ1) is 9.67. The van der Waals surface area contributed by atoms with E-state index in [2.05, 4.69) is 15.9 Å². The highest BCUT2D eigenvalue weighted by molar-refractivity contribution is 9.10. The molecule has 2 saturated heterocycles. The van der Waals surface area contributed by atoms with Gasteiger partial charge in [0.25, 0.3) is 0 Å². The zero-order chi connectivity index (χ0) is 14.0. The van der Waals surface area contributed by atoms with E-state index in [9.17, 15) is 4.79 Å². The fraction of sp³-hybridized carbons (Fsp3) is 0.533. The molecule has 0 bridgehead atoms. The topological polar surface area (TPSA) is 38.8 Å². The maximum Gasteiger partial charge on any atom is 0.227 e. The molecule has 0 atom stereocenters. The first-order valence-electron chi connectivity index (χ1n) is 6.97. The second-order valence-corrected chi connectivity index (χ2v) is 6.25. The average molecular weight is 340 g/mol. The molecule has 4 nitrogen and oxygen atoms in total. The number of amides is 1. The van der Waals surface area contributed by atoms with Gasteiger partial charge in [-0.05, 0) is 24.1 Å². The number of hydrogen-bond acceptors (Lipinski definition) is 3. The zero-order valence-corrected chi connectivity index (χ0v) is 12.9. The van der Waals surface area contributed by atoms with Crippen molar-refractivity contribution in [1.29, 1.82) is 0 Å². The molecule has 1 aromatic carbocycles. The number of ether oxygens (including phenoxy) is 2. The number of benzene rings is 1. The Morgan fingerprint density at radius 2 is 2.15 bits per heavy atom. The first-order valence-corrected chi connectivity index (χ1v) is 7.76. The molecule has 0 unspecified atom stereocenters. The highest BCUT2D eigenvalue weighted by atomic mass is 79.9. The number of likely N-dealkylation sites (tertiary alicyclic amines) is 1. The Bertz CT molecular complexity index is 500. The summed E-state index contributed by atoms with van der Waals surface area (Å²) in [5.74, 6) is -0.396. The molecule has 5 heteroatoms. The van der Waals surface area contributed by atoms with Crippen LogP contribution in [0.15, 0.2) is 28.7 Å². The van der Waals surface area contributed by atoms with Crippen LogP contribution >= 0.6 is 15.9 Å². The van der Waals surface area contributed by atoms with Gasteiger partial charge in [0.05, 0.1) is 26.2 Å². The fourth-order valence-corrected chi connectivity index (χ4v) is 3.31. The number of hydrogen-bond donors (Lipinski definition) is 0. The SMILES string of the molecule is O=C(Cc1cccc(Br)c1)N1CCCC2(C1)OCCO2. The lowest BCUT2D eigenvalue weighted by atomic mass is 10.0. The van der Waals surface area contributed by atoms with Crippen LogP contribution in [0.2, 0.25) is 0 Å². The van der Waals surface area contributed by atoms with E-state index < -0.39 is 5.79 Å². The lowest BCUT2D eigenvalue weighted by Crippen LogP contribution is -2.51. The number of carbonyl (C=O) groups excluding carboxylic acids is 1. The van der Waals surface area contributed by atoms with Crippen LogP contribution in [0.3, 0.4) is 0 Å². The lowest BCUT2D eigenvalue weighted by molar-refractivity contribution is -0.192. The van der Waals surface area contributed by atoms with Crippen molar-refractivity contribution in [2.75, 3.05) is 26.3 Å². The summed E-state index contributed by atoms with van der Waals surface area (Å²) < 4.78 is 12.4. The quantitative estimate of drug-likeness (QED) is 0.830. The van der Waals surface area contributed by atoms with Crippen molar-refractivity contribution in [2.45, 2.75) is 25.0 Å². The summed E-state index contributed by atoms with van der Waals surface area (Å²) in [5.41, 5.74) is 1.03. The molecule has 2 heterocycles. The number of nitrogens with zero attached hydrogens (tertiary/aromatic N) is 1. The summed E-state index contributed by atoms with van der Waals surface area (Å²) in [4.78, 5) is 14.3. The van der Waals surface area contributed by atoms with E-state index in [1.807, 2.05) is 29.2 Å². The minimum Gasteiger partial charge on any atom is -0.346 e. The van der Waals surface area contributed by atoms with Gasteiger partial charge in [-0.3, -0.25) is 4.79 Å². The summed E-state index contributed by atoms with van der Waals surface area (Å²) in [6.07, 6.45) is 2.24. The second kappa shape index (κ2) is 5.84. The van der Waals surface area contributed by atoms with Crippen molar-refractivity contribution in [3.63, 3.8) is 0 Å². The number of carbonyl (C=O) groups is 1. The summed E-state index contributed by atoms with van der Waals surface area (Å²) in [5, 5.41) is 0. The smallest absolute Gasteiger partial charge is 0.227 e. The molecule has 2 aliphatic heterocycles. The Morgan fingerprint density at radius 3 is 2.90 bits per heavy atom. The van der Waals surface area contributed by atoms with Gasteiger partial charge in [-0.15, -0.1) is 0 Å². The third kappa shape index (κ3) is 3.05. The third-order valence-electron chi connectivity index (χ3n) is 3.83. The van der Waals surface area contributed by atoms with Gasteiger partial charge in [0.2, 0.25) is 5.91 Å². The maximum atomic E-state index is 12.4. The highest BCUT2D eigenvalue weighted by Gasteiger charge is 2.41. The van der Waals surface area contributed by atoms with Gasteiger partial charge in [-0.25, -0.2) is 0 Å². The van der Waals surface area contributed by atoms with Crippen molar-refractivity contribution >= 4 is 21.8 Å². The standard InChI is InChI=1S/C15H18BrNO3/c16-13-4-1-3-12(9-13)10-14(18)17-6-2-5-15(11-17)19-7-8-20-15/h1,3-4,9H,2,5-8,10-11H2. The van der Waals surface area contributed by atoms with Crippen molar-refractivity contribution in [3.05, 3.63) is 34.3 Å². The highest BCUT2D eigenvalue weighted by Crippen LogP contribution is 2.30. The van der Waals surface area contributed by atoms with Crippen molar-refractivity contribution in [2.24, 2.45) is 0 Å². The summed E-state index contributed by atoms with van der Waals surface area (Å²) in [6.45, 7) is 2.61. The van der Waals surface area contributed by atoms with Crippen molar-refractivity contribution in [1.82, 2.24) is 4.90 Å². The van der Waals surface area contributed by atoms with Gasteiger partial charge >= 0.3 is 0 Å². The van der Waals surface area contributed by atoms with Crippen LogP contribution in [0, 0.1) is 0 Å². The van der Waals surface area contributed by atoms with E-state index in [0.29, 0.717) is 26.2 Å². The molecule has 108 valence electrons. The number of piperidine rings is 1. The van der Waals surface area contributed by atoms with E-state index in [0.717, 1.165) is 29.4 Å². The van der Waals surface area contributed by atoms with Crippen LogP contribution in [-0.2, 0) is 20.7 Å². The number of rotatable bonds is 2. The molecule has 0 radical (unpaired) electrons. The van der Waals surface area contributed by atoms with Crippen LogP contribution in [-0.4, -0.2) is 42.9 Å². The number of halogens is 1. The Morgan fingerprint density at radius 1 is 1.35 bits per heavy atom. The lowest BCUT2D eigenvalue weighted by Gasteiger charge is -2.38. The molecule has 1 aromatic rings. The molecular formula is C15H18BrNO3. The van der Waals surface area contributed by atoms with Crippen LogP contribution < -0.4 is 0 Å². The molecule has 1 amide bonds. The molecule has 1 spiro atoms. The summed E-state index contributed by atoms with van der Waals surface area (Å²) >= 11 is 3.43. The van der Waals surface area contributed by atoms with Gasteiger partial charge < -0.3 is 14.4 Å². The van der Waals surface area contributed by atoms with Crippen molar-refractivity contribution in [3.8, 4) is 0 Å². The molecule has 0 aromatic heterocycles. The van der Waals surface area contributed by atoms with E-state index >= 15 is 0 Å². The Hall–Kier alpha value is -0.910.